The summed E-state index contributed by atoms with van der Waals surface area (Å²) in [7, 11) is 0. The maximum Gasteiger partial charge on any atom is 0.305 e. The molecule has 3 N–H and O–H groups in total. The van der Waals surface area contributed by atoms with E-state index in [0.717, 1.165) is 6.42 Å². The molecule has 12 heteroatoms. The van der Waals surface area contributed by atoms with Crippen LogP contribution in [-0.4, -0.2) is 30.0 Å². The molecule has 1 aromatic carbocycles. The number of nitrogens with one attached hydrogen (secondary N) is 3. The summed E-state index contributed by atoms with van der Waals surface area (Å²) >= 11 is 11.9. The van der Waals surface area contributed by atoms with E-state index in [0.29, 0.717) is 46.2 Å². The highest BCUT2D eigenvalue weighted by Crippen LogP contribution is 2.30. The molecule has 4 rings (SSSR count). The lowest BCUT2D eigenvalue weighted by atomic mass is 9.93. The minimum absolute atomic E-state index is 0.0383. The number of hydrogen-bond donors (Lipinski definition) is 3. The summed E-state index contributed by atoms with van der Waals surface area (Å²) < 4.78 is 16.1. The third kappa shape index (κ3) is 5.67. The van der Waals surface area contributed by atoms with Gasteiger partial charge in [-0.3, -0.25) is 25.2 Å². The normalized spacial score (nSPS) is 13.7. The van der Waals surface area contributed by atoms with Crippen molar-refractivity contribution in [3.63, 3.8) is 0 Å². The van der Waals surface area contributed by atoms with Crippen LogP contribution in [0, 0.1) is 6.92 Å². The number of amides is 3. The van der Waals surface area contributed by atoms with Crippen LogP contribution in [0.3, 0.4) is 0 Å². The molecule has 182 valence electrons. The predicted octanol–water partition coefficient (Wildman–Crippen LogP) is 3.80. The molecular weight excluding hydrogens is 499 g/mol. The smallest absolute Gasteiger partial charge is 0.305 e. The molecule has 0 radical (unpaired) electrons. The number of hydrogen-bond acceptors (Lipinski definition) is 7. The largest absolute Gasteiger partial charge is 0.482 e. The van der Waals surface area contributed by atoms with Crippen molar-refractivity contribution in [2.75, 3.05) is 6.61 Å². The van der Waals surface area contributed by atoms with Gasteiger partial charge in [0.15, 0.2) is 18.1 Å². The molecule has 3 aromatic rings. The Bertz CT molecular complexity index is 1300. The molecule has 0 aliphatic heterocycles. The summed E-state index contributed by atoms with van der Waals surface area (Å²) in [5, 5.41) is 4.96. The molecule has 0 saturated heterocycles. The van der Waals surface area contributed by atoms with E-state index in [4.69, 9.17) is 36.8 Å². The zero-order chi connectivity index (χ0) is 24.9. The van der Waals surface area contributed by atoms with Gasteiger partial charge in [-0.2, -0.15) is 5.10 Å². The van der Waals surface area contributed by atoms with Gasteiger partial charge in [-0.1, -0.05) is 23.2 Å². The van der Waals surface area contributed by atoms with Crippen molar-refractivity contribution in [1.29, 1.82) is 0 Å². The van der Waals surface area contributed by atoms with Crippen LogP contribution >= 0.6 is 23.2 Å². The Labute approximate surface area is 209 Å². The van der Waals surface area contributed by atoms with Crippen molar-refractivity contribution in [2.24, 2.45) is 5.10 Å². The molecule has 2 aromatic heterocycles. The van der Waals surface area contributed by atoms with Crippen LogP contribution < -0.4 is 21.0 Å². The second-order valence-electron chi connectivity index (χ2n) is 7.55. The number of rotatable bonds is 6. The number of hydrazine groups is 1. The summed E-state index contributed by atoms with van der Waals surface area (Å²) in [5.41, 5.74) is 8.80. The Balaban J connectivity index is 1.40. The Morgan fingerprint density at radius 1 is 1.11 bits per heavy atom. The van der Waals surface area contributed by atoms with Crippen molar-refractivity contribution in [2.45, 2.75) is 26.2 Å². The van der Waals surface area contributed by atoms with Gasteiger partial charge >= 0.3 is 11.8 Å². The minimum Gasteiger partial charge on any atom is -0.482 e. The van der Waals surface area contributed by atoms with E-state index in [1.807, 2.05) is 0 Å². The fourth-order valence-electron chi connectivity index (χ4n) is 3.53. The van der Waals surface area contributed by atoms with E-state index in [1.165, 1.54) is 18.4 Å². The topological polar surface area (TPSA) is 135 Å². The van der Waals surface area contributed by atoms with Gasteiger partial charge in [-0.05, 0) is 50.1 Å². The molecule has 0 fully saturated rings. The van der Waals surface area contributed by atoms with Crippen molar-refractivity contribution in [1.82, 2.24) is 16.3 Å². The molecule has 2 heterocycles. The first-order valence-electron chi connectivity index (χ1n) is 10.5. The molecule has 1 aliphatic carbocycles. The van der Waals surface area contributed by atoms with Gasteiger partial charge in [-0.15, -0.1) is 0 Å². The van der Waals surface area contributed by atoms with E-state index in [2.05, 4.69) is 21.4 Å². The first kappa shape index (κ1) is 24.4. The number of benzene rings is 1. The lowest BCUT2D eigenvalue weighted by Gasteiger charge is -2.13. The Hall–Kier alpha value is -3.76. The van der Waals surface area contributed by atoms with Crippen molar-refractivity contribution < 1.29 is 28.0 Å². The molecule has 0 spiro atoms. The molecule has 0 saturated carbocycles. The van der Waals surface area contributed by atoms with Crippen LogP contribution in [-0.2, 0) is 11.2 Å². The van der Waals surface area contributed by atoms with Gasteiger partial charge in [0.05, 0.1) is 17.0 Å². The zero-order valence-electron chi connectivity index (χ0n) is 18.4. The van der Waals surface area contributed by atoms with Gasteiger partial charge in [0.25, 0.3) is 5.91 Å². The van der Waals surface area contributed by atoms with Gasteiger partial charge in [0.2, 0.25) is 0 Å². The second kappa shape index (κ2) is 10.7. The van der Waals surface area contributed by atoms with Gasteiger partial charge in [0.1, 0.15) is 11.5 Å². The average Bonchev–Trinajstić information content (AvgIpc) is 3.49. The van der Waals surface area contributed by atoms with Gasteiger partial charge in [0, 0.05) is 22.6 Å². The summed E-state index contributed by atoms with van der Waals surface area (Å²) in [4.78, 5) is 36.8. The fourth-order valence-corrected chi connectivity index (χ4v) is 4.00. The molecule has 10 nitrogen and oxygen atoms in total. The van der Waals surface area contributed by atoms with E-state index in [-0.39, 0.29) is 23.2 Å². The standard InChI is InChI=1S/C23H20Cl2N4O6/c1-12-20-15(26-27-19(30)11-34-16-8-7-13(24)10-14(16)25)4-2-5-17(20)35-21(12)23(32)29-28-22(31)18-6-3-9-33-18/h3,6-10H,2,4-5,11H2,1H3,(H,27,30)(H,28,31)(H,29,32)/b26-15+. The van der Waals surface area contributed by atoms with Crippen LogP contribution in [0.4, 0.5) is 0 Å². The van der Waals surface area contributed by atoms with Crippen LogP contribution in [0.1, 0.15) is 50.8 Å². The number of carbonyl (C=O) groups excluding carboxylic acids is 3. The van der Waals surface area contributed by atoms with E-state index >= 15 is 0 Å². The summed E-state index contributed by atoms with van der Waals surface area (Å²) in [6, 6.07) is 7.69. The van der Waals surface area contributed by atoms with Crippen molar-refractivity contribution in [3.05, 3.63) is 75.0 Å². The number of furan rings is 2. The highest BCUT2D eigenvalue weighted by Gasteiger charge is 2.28. The van der Waals surface area contributed by atoms with Crippen LogP contribution in [0.25, 0.3) is 0 Å². The number of carbonyl (C=O) groups is 3. The third-order valence-corrected chi connectivity index (χ3v) is 5.67. The van der Waals surface area contributed by atoms with Crippen molar-refractivity contribution in [3.8, 4) is 5.75 Å². The quantitative estimate of drug-likeness (QED) is 0.424. The highest BCUT2D eigenvalue weighted by molar-refractivity contribution is 6.35. The summed E-state index contributed by atoms with van der Waals surface area (Å²) in [5.74, 6) is -0.745. The van der Waals surface area contributed by atoms with Crippen LogP contribution in [0.15, 0.2) is 50.5 Å². The summed E-state index contributed by atoms with van der Waals surface area (Å²) in [6.45, 7) is 1.40. The van der Waals surface area contributed by atoms with E-state index in [1.54, 1.807) is 25.1 Å². The molecule has 35 heavy (non-hydrogen) atoms. The van der Waals surface area contributed by atoms with Crippen molar-refractivity contribution >= 4 is 46.6 Å². The number of hydrazone groups is 1. The molecule has 0 unspecified atom stereocenters. The van der Waals surface area contributed by atoms with Crippen LogP contribution in [0.5, 0.6) is 5.75 Å². The number of nitrogens with zero attached hydrogens (tertiary/aromatic N) is 1. The maximum absolute atomic E-state index is 12.6. The molecule has 0 atom stereocenters. The molecular formula is C23H20Cl2N4O6. The van der Waals surface area contributed by atoms with E-state index in [9.17, 15) is 14.4 Å². The minimum atomic E-state index is -0.631. The Morgan fingerprint density at radius 2 is 1.91 bits per heavy atom. The number of ether oxygens (including phenoxy) is 1. The first-order chi connectivity index (χ1) is 16.8. The van der Waals surface area contributed by atoms with Gasteiger partial charge < -0.3 is 13.6 Å². The van der Waals surface area contributed by atoms with Gasteiger partial charge in [-0.25, -0.2) is 5.43 Å². The van der Waals surface area contributed by atoms with Crippen LogP contribution in [0.2, 0.25) is 10.0 Å². The number of fused-ring (bicyclic) bond motifs is 1. The second-order valence-corrected chi connectivity index (χ2v) is 8.39. The lowest BCUT2D eigenvalue weighted by molar-refractivity contribution is -0.123. The number of aryl methyl sites for hydroxylation is 1. The monoisotopic (exact) mass is 518 g/mol. The molecule has 3 amide bonds. The number of halogens is 2. The predicted molar refractivity (Wildman–Crippen MR) is 127 cm³/mol. The Morgan fingerprint density at radius 3 is 2.66 bits per heavy atom. The zero-order valence-corrected chi connectivity index (χ0v) is 20.0. The Kier molecular flexibility index (Phi) is 7.42. The highest BCUT2D eigenvalue weighted by atomic mass is 35.5. The fraction of sp³-hybridized carbons (Fsp3) is 0.217. The third-order valence-electron chi connectivity index (χ3n) is 5.13. The maximum atomic E-state index is 12.6. The lowest BCUT2D eigenvalue weighted by Crippen LogP contribution is -2.41. The molecule has 0 bridgehead atoms. The summed E-state index contributed by atoms with van der Waals surface area (Å²) in [6.07, 6.45) is 3.25. The molecule has 1 aliphatic rings. The first-order valence-corrected chi connectivity index (χ1v) is 11.3. The SMILES string of the molecule is Cc1c(C(=O)NNC(=O)c2ccco2)oc2c1/C(=N/NC(=O)COc1ccc(Cl)cc1Cl)CCC2. The average molecular weight is 519 g/mol. The van der Waals surface area contributed by atoms with E-state index < -0.39 is 17.7 Å².